The molecular weight excluding hydrogens is 281 g/mol. The Bertz CT molecular complexity index is 482. The highest BCUT2D eigenvalue weighted by atomic mass is 79.9. The van der Waals surface area contributed by atoms with Gasteiger partial charge in [0.25, 0.3) is 0 Å². The zero-order chi connectivity index (χ0) is 12.1. The third kappa shape index (κ3) is 3.95. The van der Waals surface area contributed by atoms with Crippen molar-refractivity contribution in [2.24, 2.45) is 0 Å². The summed E-state index contributed by atoms with van der Waals surface area (Å²) in [6, 6.07) is 14.9. The highest BCUT2D eigenvalue weighted by molar-refractivity contribution is 9.10. The molecule has 0 aliphatic heterocycles. The molecule has 0 radical (unpaired) electrons. The predicted molar refractivity (Wildman–Crippen MR) is 69.9 cm³/mol. The maximum Gasteiger partial charge on any atom is 0.123 e. The average molecular weight is 295 g/mol. The topological polar surface area (TPSA) is 16.6 Å². The summed E-state index contributed by atoms with van der Waals surface area (Å²) in [5.74, 6) is -0.180. The van der Waals surface area contributed by atoms with E-state index >= 15 is 0 Å². The van der Waals surface area contributed by atoms with Gasteiger partial charge in [-0.15, -0.1) is 0 Å². The van der Waals surface area contributed by atoms with E-state index in [0.717, 1.165) is 23.1 Å². The first-order chi connectivity index (χ1) is 8.24. The second-order valence-electron chi connectivity index (χ2n) is 3.95. The molecule has 88 valence electrons. The lowest BCUT2D eigenvalue weighted by Gasteiger charge is -2.03. The van der Waals surface area contributed by atoms with Crippen LogP contribution in [0.2, 0.25) is 0 Å². The van der Waals surface area contributed by atoms with Crippen LogP contribution in [0.25, 0.3) is 0 Å². The van der Waals surface area contributed by atoms with Gasteiger partial charge in [-0.05, 0) is 24.3 Å². The van der Waals surface area contributed by atoms with Crippen molar-refractivity contribution in [2.45, 2.75) is 13.1 Å². The monoisotopic (exact) mass is 294 g/mol. The normalized spacial score (nSPS) is 10.5. The third-order valence-corrected chi connectivity index (χ3v) is 3.06. The summed E-state index contributed by atoms with van der Waals surface area (Å²) in [6.07, 6.45) is 0. The van der Waals surface area contributed by atoms with Gasteiger partial charge in [0.15, 0.2) is 0 Å². The fourth-order valence-corrected chi connectivity index (χ4v) is 2.14. The highest BCUT2D eigenvalue weighted by Crippen LogP contribution is 2.10. The van der Waals surface area contributed by atoms with Gasteiger partial charge >= 0.3 is 0 Å². The summed E-state index contributed by atoms with van der Waals surface area (Å²) < 4.78 is 13.8. The largest absolute Gasteiger partial charge is 0.339 e. The molecule has 0 aromatic heterocycles. The highest BCUT2D eigenvalue weighted by Gasteiger charge is 1.98. The second kappa shape index (κ2) is 5.94. The summed E-state index contributed by atoms with van der Waals surface area (Å²) in [5.41, 5.74) is 2.42. The molecule has 1 nitrogen and oxygen atoms in total. The molecule has 3 heteroatoms. The average Bonchev–Trinajstić information content (AvgIpc) is 2.32. The van der Waals surface area contributed by atoms with Crippen molar-refractivity contribution in [2.75, 3.05) is 0 Å². The minimum Gasteiger partial charge on any atom is -0.339 e. The molecule has 0 aliphatic carbocycles. The minimum atomic E-state index is -0.180. The fraction of sp³-hybridized carbons (Fsp3) is 0.143. The molecule has 2 rings (SSSR count). The Labute approximate surface area is 109 Å². The quantitative estimate of drug-likeness (QED) is 0.893. The molecule has 0 saturated carbocycles. The number of nitrogens with two attached hydrogens (primary N) is 1. The minimum absolute atomic E-state index is 0.180. The molecule has 0 unspecified atom stereocenters. The van der Waals surface area contributed by atoms with Crippen LogP contribution in [0.4, 0.5) is 4.39 Å². The van der Waals surface area contributed by atoms with Crippen LogP contribution in [0.15, 0.2) is 53.0 Å². The van der Waals surface area contributed by atoms with Gasteiger partial charge in [0.1, 0.15) is 18.9 Å². The van der Waals surface area contributed by atoms with Gasteiger partial charge in [-0.1, -0.05) is 40.2 Å². The first-order valence-corrected chi connectivity index (χ1v) is 6.34. The van der Waals surface area contributed by atoms with Crippen molar-refractivity contribution in [1.29, 1.82) is 0 Å². The van der Waals surface area contributed by atoms with Crippen molar-refractivity contribution >= 4 is 15.9 Å². The van der Waals surface area contributed by atoms with Gasteiger partial charge in [0.05, 0.1) is 0 Å². The molecule has 0 atom stereocenters. The van der Waals surface area contributed by atoms with E-state index in [1.54, 1.807) is 0 Å². The van der Waals surface area contributed by atoms with Crippen LogP contribution >= 0.6 is 15.9 Å². The van der Waals surface area contributed by atoms with E-state index in [1.165, 1.54) is 17.7 Å². The van der Waals surface area contributed by atoms with Gasteiger partial charge < -0.3 is 5.32 Å². The lowest BCUT2D eigenvalue weighted by molar-refractivity contribution is -0.686. The van der Waals surface area contributed by atoms with Crippen LogP contribution in [0.1, 0.15) is 11.1 Å². The fourth-order valence-electron chi connectivity index (χ4n) is 1.69. The molecule has 2 N–H and O–H groups in total. The molecule has 2 aromatic carbocycles. The van der Waals surface area contributed by atoms with Crippen LogP contribution in [-0.2, 0) is 13.1 Å². The van der Waals surface area contributed by atoms with E-state index in [0.29, 0.717) is 0 Å². The van der Waals surface area contributed by atoms with Crippen LogP contribution in [-0.4, -0.2) is 0 Å². The zero-order valence-electron chi connectivity index (χ0n) is 9.37. The third-order valence-electron chi connectivity index (χ3n) is 2.56. The molecule has 0 aliphatic rings. The molecule has 0 amide bonds. The van der Waals surface area contributed by atoms with E-state index in [1.807, 2.05) is 24.3 Å². The number of hydrogen-bond acceptors (Lipinski definition) is 0. The maximum absolute atomic E-state index is 12.7. The SMILES string of the molecule is Fc1ccc(C[NH2+]Cc2cccc(Br)c2)cc1. The molecule has 0 fully saturated rings. The zero-order valence-corrected chi connectivity index (χ0v) is 11.0. The second-order valence-corrected chi connectivity index (χ2v) is 4.87. The van der Waals surface area contributed by atoms with Gasteiger partial charge in [-0.2, -0.15) is 0 Å². The summed E-state index contributed by atoms with van der Waals surface area (Å²) in [7, 11) is 0. The molecule has 0 spiro atoms. The van der Waals surface area contributed by atoms with Gasteiger partial charge in [0, 0.05) is 15.6 Å². The van der Waals surface area contributed by atoms with E-state index in [-0.39, 0.29) is 5.82 Å². The Kier molecular flexibility index (Phi) is 4.29. The Morgan fingerprint density at radius 2 is 1.65 bits per heavy atom. The van der Waals surface area contributed by atoms with Crippen molar-refractivity contribution in [3.8, 4) is 0 Å². The smallest absolute Gasteiger partial charge is 0.123 e. The molecule has 0 heterocycles. The summed E-state index contributed by atoms with van der Waals surface area (Å²) in [4.78, 5) is 0. The standard InChI is InChI=1S/C14H13BrFN/c15-13-3-1-2-12(8-13)10-17-9-11-4-6-14(16)7-5-11/h1-8,17H,9-10H2/p+1. The number of rotatable bonds is 4. The van der Waals surface area contributed by atoms with E-state index in [9.17, 15) is 4.39 Å². The van der Waals surface area contributed by atoms with Crippen LogP contribution in [0.5, 0.6) is 0 Å². The summed E-state index contributed by atoms with van der Waals surface area (Å²) in [5, 5.41) is 2.20. The Morgan fingerprint density at radius 1 is 0.941 bits per heavy atom. The van der Waals surface area contributed by atoms with Gasteiger partial charge in [-0.25, -0.2) is 4.39 Å². The molecule has 2 aromatic rings. The van der Waals surface area contributed by atoms with Crippen molar-refractivity contribution < 1.29 is 9.71 Å². The molecule has 17 heavy (non-hydrogen) atoms. The molecule has 0 bridgehead atoms. The van der Waals surface area contributed by atoms with Crippen LogP contribution in [0, 0.1) is 5.82 Å². The van der Waals surface area contributed by atoms with E-state index < -0.39 is 0 Å². The lowest BCUT2D eigenvalue weighted by Crippen LogP contribution is -2.80. The number of hydrogen-bond donors (Lipinski definition) is 1. The molecule has 0 saturated heterocycles. The maximum atomic E-state index is 12.7. The summed E-state index contributed by atoms with van der Waals surface area (Å²) in [6.45, 7) is 1.80. The predicted octanol–water partition coefficient (Wildman–Crippen LogP) is 2.85. The lowest BCUT2D eigenvalue weighted by atomic mass is 10.2. The van der Waals surface area contributed by atoms with Crippen molar-refractivity contribution in [3.63, 3.8) is 0 Å². The van der Waals surface area contributed by atoms with Crippen LogP contribution < -0.4 is 5.32 Å². The number of halogens is 2. The van der Waals surface area contributed by atoms with Crippen LogP contribution in [0.3, 0.4) is 0 Å². The number of benzene rings is 2. The first-order valence-electron chi connectivity index (χ1n) is 5.54. The Morgan fingerprint density at radius 3 is 2.35 bits per heavy atom. The Hall–Kier alpha value is -1.19. The van der Waals surface area contributed by atoms with Crippen molar-refractivity contribution in [3.05, 3.63) is 69.9 Å². The van der Waals surface area contributed by atoms with E-state index in [4.69, 9.17) is 0 Å². The van der Waals surface area contributed by atoms with Gasteiger partial charge in [0.2, 0.25) is 0 Å². The number of quaternary nitrogens is 1. The van der Waals surface area contributed by atoms with E-state index in [2.05, 4.69) is 33.4 Å². The van der Waals surface area contributed by atoms with Gasteiger partial charge in [-0.3, -0.25) is 0 Å². The summed E-state index contributed by atoms with van der Waals surface area (Å²) >= 11 is 3.45. The first kappa shape index (κ1) is 12.3. The molecular formula is C14H14BrFN+. The van der Waals surface area contributed by atoms with Crippen molar-refractivity contribution in [1.82, 2.24) is 0 Å². The Balaban J connectivity index is 1.85.